The second kappa shape index (κ2) is 7.06. The molecule has 1 saturated heterocycles. The summed E-state index contributed by atoms with van der Waals surface area (Å²) in [5.41, 5.74) is 4.28. The fourth-order valence-electron chi connectivity index (χ4n) is 2.99. The number of nitrogens with one attached hydrogen (secondary N) is 1. The highest BCUT2D eigenvalue weighted by molar-refractivity contribution is 5.29. The van der Waals surface area contributed by atoms with Gasteiger partial charge >= 0.3 is 0 Å². The zero-order chi connectivity index (χ0) is 13.7. The van der Waals surface area contributed by atoms with Crippen molar-refractivity contribution in [3.8, 4) is 0 Å². The van der Waals surface area contributed by atoms with Crippen LogP contribution in [-0.4, -0.2) is 30.6 Å². The first kappa shape index (κ1) is 14.5. The molecule has 0 radical (unpaired) electrons. The molecular formula is C17H28N2. The standard InChI is InChI=1S/C17H28N2/c1-4-11-19(17-7-9-18-10-8-17)13-16-6-5-14(2)15(3)12-16/h5-6,12,17-18H,4,7-11,13H2,1-3H3. The third-order valence-electron chi connectivity index (χ3n) is 4.29. The number of rotatable bonds is 5. The highest BCUT2D eigenvalue weighted by Crippen LogP contribution is 2.18. The third-order valence-corrected chi connectivity index (χ3v) is 4.29. The van der Waals surface area contributed by atoms with Gasteiger partial charge in [-0.05, 0) is 69.4 Å². The van der Waals surface area contributed by atoms with Gasteiger partial charge in [0.25, 0.3) is 0 Å². The number of aryl methyl sites for hydroxylation is 2. The van der Waals surface area contributed by atoms with E-state index < -0.39 is 0 Å². The first-order chi connectivity index (χ1) is 9.20. The molecule has 2 rings (SSSR count). The summed E-state index contributed by atoms with van der Waals surface area (Å²) in [7, 11) is 0. The largest absolute Gasteiger partial charge is 0.317 e. The lowest BCUT2D eigenvalue weighted by atomic mass is 10.0. The van der Waals surface area contributed by atoms with Crippen molar-refractivity contribution in [3.05, 3.63) is 34.9 Å². The Hall–Kier alpha value is -0.860. The summed E-state index contributed by atoms with van der Waals surface area (Å²) in [4.78, 5) is 2.69. The van der Waals surface area contributed by atoms with Gasteiger partial charge in [0.1, 0.15) is 0 Å². The second-order valence-corrected chi connectivity index (χ2v) is 5.87. The van der Waals surface area contributed by atoms with E-state index in [1.807, 2.05) is 0 Å². The van der Waals surface area contributed by atoms with Crippen LogP contribution in [0.15, 0.2) is 18.2 Å². The molecule has 1 aliphatic heterocycles. The molecule has 1 aromatic carbocycles. The van der Waals surface area contributed by atoms with Crippen molar-refractivity contribution in [2.75, 3.05) is 19.6 Å². The Kier molecular flexibility index (Phi) is 5.41. The molecule has 1 fully saturated rings. The number of nitrogens with zero attached hydrogens (tertiary/aromatic N) is 1. The topological polar surface area (TPSA) is 15.3 Å². The highest BCUT2D eigenvalue weighted by atomic mass is 15.2. The summed E-state index contributed by atoms with van der Waals surface area (Å²) in [6, 6.07) is 7.69. The highest BCUT2D eigenvalue weighted by Gasteiger charge is 2.20. The predicted octanol–water partition coefficient (Wildman–Crippen LogP) is 3.27. The summed E-state index contributed by atoms with van der Waals surface area (Å²) in [6.45, 7) is 11.4. The van der Waals surface area contributed by atoms with E-state index in [0.29, 0.717) is 0 Å². The maximum atomic E-state index is 3.47. The normalized spacial score (nSPS) is 17.1. The second-order valence-electron chi connectivity index (χ2n) is 5.87. The lowest BCUT2D eigenvalue weighted by Crippen LogP contribution is -2.43. The Balaban J connectivity index is 2.04. The molecule has 0 aliphatic carbocycles. The Morgan fingerprint density at radius 3 is 2.53 bits per heavy atom. The smallest absolute Gasteiger partial charge is 0.0236 e. The van der Waals surface area contributed by atoms with Gasteiger partial charge in [-0.3, -0.25) is 4.90 Å². The minimum absolute atomic E-state index is 0.766. The quantitative estimate of drug-likeness (QED) is 0.874. The van der Waals surface area contributed by atoms with Gasteiger partial charge in [-0.15, -0.1) is 0 Å². The molecule has 106 valence electrons. The molecule has 2 heteroatoms. The zero-order valence-corrected chi connectivity index (χ0v) is 12.7. The van der Waals surface area contributed by atoms with E-state index in [1.165, 1.54) is 55.6 Å². The molecule has 19 heavy (non-hydrogen) atoms. The monoisotopic (exact) mass is 260 g/mol. The zero-order valence-electron chi connectivity index (χ0n) is 12.7. The molecule has 1 heterocycles. The number of piperidine rings is 1. The van der Waals surface area contributed by atoms with Gasteiger partial charge in [-0.1, -0.05) is 25.1 Å². The van der Waals surface area contributed by atoms with Crippen molar-refractivity contribution in [1.29, 1.82) is 0 Å². The van der Waals surface area contributed by atoms with E-state index in [4.69, 9.17) is 0 Å². The van der Waals surface area contributed by atoms with Gasteiger partial charge < -0.3 is 5.32 Å². The van der Waals surface area contributed by atoms with E-state index in [0.717, 1.165) is 12.6 Å². The van der Waals surface area contributed by atoms with Crippen LogP contribution >= 0.6 is 0 Å². The molecule has 0 aromatic heterocycles. The van der Waals surface area contributed by atoms with E-state index >= 15 is 0 Å². The van der Waals surface area contributed by atoms with Crippen LogP contribution in [0.1, 0.15) is 42.9 Å². The molecule has 1 aromatic rings. The number of hydrogen-bond acceptors (Lipinski definition) is 2. The maximum absolute atomic E-state index is 3.47. The van der Waals surface area contributed by atoms with E-state index in [9.17, 15) is 0 Å². The lowest BCUT2D eigenvalue weighted by Gasteiger charge is -2.34. The maximum Gasteiger partial charge on any atom is 0.0236 e. The Morgan fingerprint density at radius 2 is 1.89 bits per heavy atom. The van der Waals surface area contributed by atoms with Crippen molar-refractivity contribution < 1.29 is 0 Å². The van der Waals surface area contributed by atoms with Crippen molar-refractivity contribution in [3.63, 3.8) is 0 Å². The molecule has 0 bridgehead atoms. The Morgan fingerprint density at radius 1 is 1.16 bits per heavy atom. The molecule has 0 spiro atoms. The molecule has 1 aliphatic rings. The first-order valence-electron chi connectivity index (χ1n) is 7.71. The Labute approximate surface area is 118 Å². The van der Waals surface area contributed by atoms with Crippen LogP contribution in [-0.2, 0) is 6.54 Å². The van der Waals surface area contributed by atoms with E-state index in [2.05, 4.69) is 49.2 Å². The summed E-state index contributed by atoms with van der Waals surface area (Å²) in [5.74, 6) is 0. The molecular weight excluding hydrogens is 232 g/mol. The fraction of sp³-hybridized carbons (Fsp3) is 0.647. The molecule has 1 N–H and O–H groups in total. The third kappa shape index (κ3) is 4.05. The van der Waals surface area contributed by atoms with Crippen molar-refractivity contribution in [2.24, 2.45) is 0 Å². The molecule has 0 atom stereocenters. The van der Waals surface area contributed by atoms with Crippen LogP contribution in [0.5, 0.6) is 0 Å². The predicted molar refractivity (Wildman–Crippen MR) is 82.5 cm³/mol. The lowest BCUT2D eigenvalue weighted by molar-refractivity contribution is 0.154. The van der Waals surface area contributed by atoms with Gasteiger partial charge in [0.2, 0.25) is 0 Å². The van der Waals surface area contributed by atoms with Crippen LogP contribution in [0.4, 0.5) is 0 Å². The minimum atomic E-state index is 0.766. The molecule has 0 unspecified atom stereocenters. The molecule has 2 nitrogen and oxygen atoms in total. The van der Waals surface area contributed by atoms with Gasteiger partial charge in [-0.2, -0.15) is 0 Å². The van der Waals surface area contributed by atoms with Crippen LogP contribution in [0.25, 0.3) is 0 Å². The van der Waals surface area contributed by atoms with Crippen molar-refractivity contribution >= 4 is 0 Å². The minimum Gasteiger partial charge on any atom is -0.317 e. The van der Waals surface area contributed by atoms with Crippen LogP contribution in [0.2, 0.25) is 0 Å². The summed E-state index contributed by atoms with van der Waals surface area (Å²) in [6.07, 6.45) is 3.84. The van der Waals surface area contributed by atoms with Crippen molar-refractivity contribution in [1.82, 2.24) is 10.2 Å². The van der Waals surface area contributed by atoms with Crippen LogP contribution in [0.3, 0.4) is 0 Å². The van der Waals surface area contributed by atoms with E-state index in [1.54, 1.807) is 0 Å². The molecule has 0 saturated carbocycles. The average Bonchev–Trinajstić information content (AvgIpc) is 2.43. The first-order valence-corrected chi connectivity index (χ1v) is 7.71. The Bertz CT molecular complexity index is 394. The summed E-state index contributed by atoms with van der Waals surface area (Å²) in [5, 5.41) is 3.47. The van der Waals surface area contributed by atoms with Crippen molar-refractivity contribution in [2.45, 2.75) is 52.6 Å². The SMILES string of the molecule is CCCN(Cc1ccc(C)c(C)c1)C1CCNCC1. The van der Waals surface area contributed by atoms with Crippen LogP contribution in [0, 0.1) is 13.8 Å². The number of benzene rings is 1. The van der Waals surface area contributed by atoms with Gasteiger partial charge in [0.05, 0.1) is 0 Å². The average molecular weight is 260 g/mol. The van der Waals surface area contributed by atoms with E-state index in [-0.39, 0.29) is 0 Å². The molecule has 0 amide bonds. The fourth-order valence-corrected chi connectivity index (χ4v) is 2.99. The summed E-state index contributed by atoms with van der Waals surface area (Å²) >= 11 is 0. The van der Waals surface area contributed by atoms with Gasteiger partial charge in [0, 0.05) is 12.6 Å². The number of hydrogen-bond donors (Lipinski definition) is 1. The van der Waals surface area contributed by atoms with Crippen LogP contribution < -0.4 is 5.32 Å². The van der Waals surface area contributed by atoms with Gasteiger partial charge in [0.15, 0.2) is 0 Å². The summed E-state index contributed by atoms with van der Waals surface area (Å²) < 4.78 is 0. The van der Waals surface area contributed by atoms with Gasteiger partial charge in [-0.25, -0.2) is 0 Å².